The first kappa shape index (κ1) is 48.2. The normalized spacial score (nSPS) is 13.5. The van der Waals surface area contributed by atoms with Crippen LogP contribution in [-0.2, 0) is 21.7 Å². The van der Waals surface area contributed by atoms with Gasteiger partial charge in [0.15, 0.2) is 91.1 Å². The summed E-state index contributed by atoms with van der Waals surface area (Å²) in [6.45, 7) is 26.0. The SMILES string of the molecule is CC(C)(C)c1ccn2c(c1)nc1nc3c(nc12)-c1nc-3nc2[nH]c(nc3nc(nc4[nH]c(n1)c1nc5nc6cc(C(C)(C)C)ccn6c5nc41)-c1nc4nc5cc(C(C)(C)C)ccn5c4nc1-3)c1nc3nc4cc(C(C)(C)C)ccn4c3nc21. The highest BCUT2D eigenvalue weighted by atomic mass is 15.2. The van der Waals surface area contributed by atoms with Crippen molar-refractivity contribution >= 4 is 112 Å². The Kier molecular flexibility index (Phi) is 9.02. The molecule has 0 spiro atoms. The first-order valence-electron chi connectivity index (χ1n) is 27.7. The third kappa shape index (κ3) is 6.98. The quantitative estimate of drug-likeness (QED) is 0.143. The van der Waals surface area contributed by atoms with Crippen molar-refractivity contribution in [3.63, 3.8) is 0 Å². The van der Waals surface area contributed by atoms with Gasteiger partial charge in [-0.3, -0.25) is 17.6 Å². The van der Waals surface area contributed by atoms with E-state index in [1.807, 2.05) is 42.4 Å². The lowest BCUT2D eigenvalue weighted by atomic mass is 9.88. The minimum atomic E-state index is -0.131. The van der Waals surface area contributed by atoms with Crippen LogP contribution in [-0.4, -0.2) is 117 Å². The van der Waals surface area contributed by atoms with Crippen LogP contribution in [0.25, 0.3) is 158 Å². The fraction of sp³-hybridized carbons (Fsp3) is 0.267. The van der Waals surface area contributed by atoms with Crippen molar-refractivity contribution in [3.05, 3.63) is 95.6 Å². The number of nitrogens with one attached hydrogen (secondary N) is 2. The van der Waals surface area contributed by atoms with Gasteiger partial charge in [0.1, 0.15) is 67.4 Å². The Morgan fingerprint density at radius 1 is 0.274 bits per heavy atom. The number of imidazole rings is 4. The summed E-state index contributed by atoms with van der Waals surface area (Å²) in [5.74, 6) is 0.738. The smallest absolute Gasteiger partial charge is 0.199 e. The third-order valence-electron chi connectivity index (χ3n) is 15.9. The molecule has 84 heavy (non-hydrogen) atoms. The van der Waals surface area contributed by atoms with Crippen molar-refractivity contribution in [2.45, 2.75) is 105 Å². The molecule has 24 nitrogen and oxygen atoms in total. The maximum absolute atomic E-state index is 5.28. The van der Waals surface area contributed by atoms with Crippen molar-refractivity contribution in [3.8, 4) is 46.1 Å². The summed E-state index contributed by atoms with van der Waals surface area (Å²) < 4.78 is 7.68. The summed E-state index contributed by atoms with van der Waals surface area (Å²) in [6.07, 6.45) is 7.88. The minimum Gasteiger partial charge on any atom is -0.321 e. The van der Waals surface area contributed by atoms with E-state index in [-0.39, 0.29) is 67.5 Å². The summed E-state index contributed by atoms with van der Waals surface area (Å²) in [5.41, 5.74) is 14.3. The molecular formula is C60H50N24. The fourth-order valence-electron chi connectivity index (χ4n) is 11.1. The van der Waals surface area contributed by atoms with E-state index in [1.54, 1.807) is 0 Å². The van der Waals surface area contributed by atoms with E-state index in [2.05, 4.69) is 142 Å². The number of hydrogen-bond acceptors (Lipinski definition) is 18. The monoisotopic (exact) mass is 1110 g/mol. The maximum Gasteiger partial charge on any atom is 0.199 e. The van der Waals surface area contributed by atoms with Crippen LogP contribution in [0, 0.1) is 0 Å². The molecule has 0 unspecified atom stereocenters. The maximum atomic E-state index is 5.28. The molecule has 0 fully saturated rings. The lowest BCUT2D eigenvalue weighted by Crippen LogP contribution is -2.11. The molecule has 0 atom stereocenters. The van der Waals surface area contributed by atoms with Gasteiger partial charge in [0.2, 0.25) is 0 Å². The average molecular weight is 1110 g/mol. The van der Waals surface area contributed by atoms with Crippen LogP contribution < -0.4 is 0 Å². The Labute approximate surface area is 474 Å². The van der Waals surface area contributed by atoms with Gasteiger partial charge in [0.05, 0.1) is 0 Å². The van der Waals surface area contributed by atoms with Gasteiger partial charge in [-0.2, -0.15) is 0 Å². The van der Waals surface area contributed by atoms with Crippen molar-refractivity contribution in [1.82, 2.24) is 117 Å². The third-order valence-corrected chi connectivity index (χ3v) is 15.9. The van der Waals surface area contributed by atoms with Gasteiger partial charge >= 0.3 is 0 Å². The molecule has 410 valence electrons. The molecule has 17 rings (SSSR count). The van der Waals surface area contributed by atoms with Crippen molar-refractivity contribution < 1.29 is 0 Å². The number of aromatic amines is 2. The van der Waals surface area contributed by atoms with E-state index in [0.717, 1.165) is 22.3 Å². The summed E-state index contributed by atoms with van der Waals surface area (Å²) in [6, 6.07) is 16.6. The highest BCUT2D eigenvalue weighted by molar-refractivity contribution is 6.04. The first-order valence-corrected chi connectivity index (χ1v) is 27.7. The van der Waals surface area contributed by atoms with Crippen molar-refractivity contribution in [1.29, 1.82) is 0 Å². The van der Waals surface area contributed by atoms with Crippen LogP contribution in [0.1, 0.15) is 105 Å². The second-order valence-corrected chi connectivity index (χ2v) is 25.9. The van der Waals surface area contributed by atoms with Gasteiger partial charge < -0.3 is 9.97 Å². The predicted octanol–water partition coefficient (Wildman–Crippen LogP) is 10.4. The Morgan fingerprint density at radius 3 is 0.810 bits per heavy atom. The number of rotatable bonds is 0. The number of hydrogen-bond donors (Lipinski definition) is 2. The largest absolute Gasteiger partial charge is 0.321 e. The lowest BCUT2D eigenvalue weighted by Gasteiger charge is -2.18. The molecule has 0 amide bonds. The standard InChI is InChI=1S/C60H50N24/c1-57(2,3)25-13-17-81-29(21-25)61-49-53(81)69-37-33(65-49)41-73-45(37)78-42-34-39(71-55-50(66-34)62-30-22-27(59(7,8)9)15-19-83(30)55)47(74-42)80-44-36-40(72-56-52(68-36)64-32-24-28(60(10,11)12)16-20-84(32)56)48(76-44)79-43-35-38(46(75-43)77-41)70-54-51(67-35)63-31-23-26(58(4,5)6)14-18-82(31)54/h13-24H,1-12H3,(H2,73,74,75,76,77,78,79,80). The second kappa shape index (κ2) is 15.7. The van der Waals surface area contributed by atoms with Crippen LogP contribution in [0.5, 0.6) is 0 Å². The zero-order chi connectivity index (χ0) is 57.4. The minimum absolute atomic E-state index is 0.131. The predicted molar refractivity (Wildman–Crippen MR) is 318 cm³/mol. The van der Waals surface area contributed by atoms with Crippen LogP contribution in [0.15, 0.2) is 73.3 Å². The number of nitrogens with zero attached hydrogens (tertiary/aromatic N) is 22. The summed E-state index contributed by atoms with van der Waals surface area (Å²) in [7, 11) is 0. The van der Waals surface area contributed by atoms with Crippen LogP contribution in [0.4, 0.5) is 0 Å². The molecule has 0 saturated heterocycles. The highest BCUT2D eigenvalue weighted by Crippen LogP contribution is 2.38. The molecule has 0 saturated carbocycles. The summed E-state index contributed by atoms with van der Waals surface area (Å²) in [4.78, 5) is 100. The zero-order valence-electron chi connectivity index (χ0n) is 47.8. The van der Waals surface area contributed by atoms with E-state index >= 15 is 0 Å². The molecule has 0 aliphatic carbocycles. The molecule has 15 aromatic rings. The molecule has 24 heteroatoms. The van der Waals surface area contributed by atoms with Gasteiger partial charge in [0, 0.05) is 24.8 Å². The molecule has 15 aromatic heterocycles. The van der Waals surface area contributed by atoms with E-state index < -0.39 is 0 Å². The first-order chi connectivity index (χ1) is 40.0. The van der Waals surface area contributed by atoms with Gasteiger partial charge in [-0.15, -0.1) is 0 Å². The van der Waals surface area contributed by atoms with E-state index in [0.29, 0.717) is 113 Å². The van der Waals surface area contributed by atoms with Crippen molar-refractivity contribution in [2.24, 2.45) is 0 Å². The number of pyridine rings is 4. The highest BCUT2D eigenvalue weighted by Gasteiger charge is 2.31. The van der Waals surface area contributed by atoms with Crippen LogP contribution in [0.3, 0.4) is 0 Å². The van der Waals surface area contributed by atoms with Crippen LogP contribution >= 0.6 is 0 Å². The molecule has 0 radical (unpaired) electrons. The Bertz CT molecular complexity index is 5340. The molecular weight excluding hydrogens is 1060 g/mol. The second-order valence-electron chi connectivity index (χ2n) is 25.9. The Balaban J connectivity index is 1.01. The topological polar surface area (TPSA) is 281 Å². The summed E-state index contributed by atoms with van der Waals surface area (Å²) in [5, 5.41) is 0. The number of aromatic nitrogens is 24. The fourth-order valence-corrected chi connectivity index (χ4v) is 11.1. The van der Waals surface area contributed by atoms with E-state index in [9.17, 15) is 0 Å². The molecule has 8 bridgehead atoms. The molecule has 17 heterocycles. The number of fused-ring (bicyclic) bond motifs is 32. The number of H-pyrrole nitrogens is 2. The molecule has 0 aromatic carbocycles. The van der Waals surface area contributed by atoms with E-state index in [4.69, 9.17) is 89.7 Å². The van der Waals surface area contributed by atoms with Gasteiger partial charge in [0.25, 0.3) is 0 Å². The average Bonchev–Trinajstić information content (AvgIpc) is 2.67. The van der Waals surface area contributed by atoms with Gasteiger partial charge in [-0.25, -0.2) is 89.7 Å². The zero-order valence-corrected chi connectivity index (χ0v) is 47.8. The lowest BCUT2D eigenvalue weighted by molar-refractivity contribution is 0.589. The van der Waals surface area contributed by atoms with E-state index in [1.165, 1.54) is 0 Å². The molecule has 2 N–H and O–H groups in total. The van der Waals surface area contributed by atoms with Crippen LogP contribution in [0.2, 0.25) is 0 Å². The Hall–Kier alpha value is -10.5. The summed E-state index contributed by atoms with van der Waals surface area (Å²) >= 11 is 0. The molecule has 2 aliphatic rings. The van der Waals surface area contributed by atoms with Gasteiger partial charge in [-0.1, -0.05) is 83.1 Å². The van der Waals surface area contributed by atoms with Gasteiger partial charge in [-0.05, 0) is 92.4 Å². The van der Waals surface area contributed by atoms with Crippen molar-refractivity contribution in [2.75, 3.05) is 0 Å². The Morgan fingerprint density at radius 2 is 0.524 bits per heavy atom. The molecule has 2 aliphatic heterocycles.